The first kappa shape index (κ1) is 17.5. The van der Waals surface area contributed by atoms with Crippen molar-refractivity contribution in [2.75, 3.05) is 39.5 Å². The van der Waals surface area contributed by atoms with E-state index in [-0.39, 0.29) is 11.9 Å². The van der Waals surface area contributed by atoms with E-state index in [2.05, 4.69) is 0 Å². The molecule has 1 aliphatic heterocycles. The van der Waals surface area contributed by atoms with Crippen molar-refractivity contribution in [3.05, 3.63) is 9.75 Å². The van der Waals surface area contributed by atoms with E-state index >= 15 is 0 Å². The van der Waals surface area contributed by atoms with Crippen LogP contribution < -0.4 is 9.47 Å². The summed E-state index contributed by atoms with van der Waals surface area (Å²) in [6, 6.07) is 0. The molecule has 2 rings (SSSR count). The van der Waals surface area contributed by atoms with E-state index in [1.807, 2.05) is 27.9 Å². The molecule has 0 bridgehead atoms. The van der Waals surface area contributed by atoms with Gasteiger partial charge in [0, 0.05) is 21.9 Å². The van der Waals surface area contributed by atoms with Gasteiger partial charge in [0.15, 0.2) is 17.6 Å². The molecule has 0 spiro atoms. The molecule has 6 nitrogen and oxygen atoms in total. The van der Waals surface area contributed by atoms with Gasteiger partial charge in [0.1, 0.15) is 13.2 Å². The third-order valence-corrected chi connectivity index (χ3v) is 5.48. The van der Waals surface area contributed by atoms with Crippen LogP contribution in [0.15, 0.2) is 0 Å². The zero-order valence-electron chi connectivity index (χ0n) is 13.4. The van der Waals surface area contributed by atoms with Gasteiger partial charge in [0.25, 0.3) is 0 Å². The minimum atomic E-state index is -4.14. The standard InChI is InChI=1S/C14H23NO5S2/c1-10-13-14(11(2)21-10)20-12(9-19-13)8-15(3,4)6-5-7-22(16,17)18/h12H,5-9H2,1-4H3. The number of likely N-dealkylation sites (N-methyl/N-ethyl adjacent to an activating group) is 1. The van der Waals surface area contributed by atoms with Crippen LogP contribution >= 0.6 is 11.3 Å². The van der Waals surface area contributed by atoms with Gasteiger partial charge in [-0.3, -0.25) is 0 Å². The first-order valence-electron chi connectivity index (χ1n) is 7.22. The van der Waals surface area contributed by atoms with Gasteiger partial charge in [0.05, 0.1) is 30.8 Å². The number of rotatable bonds is 6. The maximum Gasteiger partial charge on any atom is 0.181 e. The van der Waals surface area contributed by atoms with Crippen LogP contribution in [0.1, 0.15) is 16.2 Å². The van der Waals surface area contributed by atoms with E-state index in [0.717, 1.165) is 21.3 Å². The highest BCUT2D eigenvalue weighted by molar-refractivity contribution is 7.85. The van der Waals surface area contributed by atoms with Crippen LogP contribution in [0.4, 0.5) is 0 Å². The van der Waals surface area contributed by atoms with Crippen molar-refractivity contribution in [1.82, 2.24) is 0 Å². The molecular formula is C14H23NO5S2. The molecule has 0 radical (unpaired) electrons. The van der Waals surface area contributed by atoms with Gasteiger partial charge in [-0.25, -0.2) is 8.42 Å². The van der Waals surface area contributed by atoms with Crippen molar-refractivity contribution in [1.29, 1.82) is 0 Å². The van der Waals surface area contributed by atoms with Crippen molar-refractivity contribution in [3.63, 3.8) is 0 Å². The number of hydrogen-bond donors (Lipinski definition) is 0. The predicted octanol–water partition coefficient (Wildman–Crippen LogP) is 1.52. The average Bonchev–Trinajstić information content (AvgIpc) is 2.62. The molecule has 8 heteroatoms. The fourth-order valence-corrected chi connectivity index (χ4v) is 4.14. The Labute approximate surface area is 136 Å². The molecule has 1 aliphatic rings. The van der Waals surface area contributed by atoms with Gasteiger partial charge < -0.3 is 18.5 Å². The monoisotopic (exact) mass is 349 g/mol. The highest BCUT2D eigenvalue weighted by Crippen LogP contribution is 2.43. The number of aryl methyl sites for hydroxylation is 2. The zero-order chi connectivity index (χ0) is 16.5. The lowest BCUT2D eigenvalue weighted by molar-refractivity contribution is -0.893. The molecule has 1 unspecified atom stereocenters. The summed E-state index contributed by atoms with van der Waals surface area (Å²) in [6.45, 7) is 5.83. The lowest BCUT2D eigenvalue weighted by Crippen LogP contribution is -2.50. The Balaban J connectivity index is 1.92. The minimum Gasteiger partial charge on any atom is -0.748 e. The molecule has 0 saturated carbocycles. The molecule has 1 atom stereocenters. The van der Waals surface area contributed by atoms with Crippen LogP contribution in [0.5, 0.6) is 11.5 Å². The minimum absolute atomic E-state index is 0.0703. The van der Waals surface area contributed by atoms with Crippen molar-refractivity contribution in [2.24, 2.45) is 0 Å². The van der Waals surface area contributed by atoms with Crippen LogP contribution in [0.25, 0.3) is 0 Å². The van der Waals surface area contributed by atoms with E-state index in [1.165, 1.54) is 0 Å². The molecule has 0 aliphatic carbocycles. The van der Waals surface area contributed by atoms with Gasteiger partial charge >= 0.3 is 0 Å². The second-order valence-corrected chi connectivity index (χ2v) is 9.33. The van der Waals surface area contributed by atoms with E-state index < -0.39 is 10.1 Å². The summed E-state index contributed by atoms with van der Waals surface area (Å²) in [5, 5.41) is 0. The molecule has 0 saturated heterocycles. The first-order valence-corrected chi connectivity index (χ1v) is 9.62. The van der Waals surface area contributed by atoms with E-state index in [4.69, 9.17) is 9.47 Å². The Bertz CT molecular complexity index is 636. The summed E-state index contributed by atoms with van der Waals surface area (Å²) < 4.78 is 44.5. The molecule has 0 N–H and O–H groups in total. The summed E-state index contributed by atoms with van der Waals surface area (Å²) in [7, 11) is -0.133. The second kappa shape index (κ2) is 6.35. The predicted molar refractivity (Wildman–Crippen MR) is 84.7 cm³/mol. The smallest absolute Gasteiger partial charge is 0.181 e. The first-order chi connectivity index (χ1) is 10.1. The Morgan fingerprint density at radius 2 is 1.91 bits per heavy atom. The molecule has 2 heterocycles. The Kier molecular flexibility index (Phi) is 5.06. The third kappa shape index (κ3) is 4.58. The van der Waals surface area contributed by atoms with Crippen LogP contribution in [-0.2, 0) is 10.1 Å². The molecule has 0 aromatic carbocycles. The normalized spacial score (nSPS) is 18.5. The Morgan fingerprint density at radius 3 is 2.55 bits per heavy atom. The topological polar surface area (TPSA) is 75.7 Å². The maximum absolute atomic E-state index is 10.7. The second-order valence-electron chi connectivity index (χ2n) is 6.38. The molecule has 1 aromatic heterocycles. The van der Waals surface area contributed by atoms with Gasteiger partial charge in [-0.1, -0.05) is 0 Å². The summed E-state index contributed by atoms with van der Waals surface area (Å²) in [5.74, 6) is 1.37. The number of ether oxygens (including phenoxy) is 2. The van der Waals surface area contributed by atoms with Crippen LogP contribution in [0.2, 0.25) is 0 Å². The fraction of sp³-hybridized carbons (Fsp3) is 0.714. The van der Waals surface area contributed by atoms with Gasteiger partial charge in [-0.2, -0.15) is 0 Å². The van der Waals surface area contributed by atoms with Crippen LogP contribution in [0, 0.1) is 13.8 Å². The number of thiophene rings is 1. The quantitative estimate of drug-likeness (QED) is 0.575. The summed E-state index contributed by atoms with van der Waals surface area (Å²) in [4.78, 5) is 2.24. The summed E-state index contributed by atoms with van der Waals surface area (Å²) in [5.41, 5.74) is 0. The molecule has 22 heavy (non-hydrogen) atoms. The summed E-state index contributed by atoms with van der Waals surface area (Å²) >= 11 is 1.67. The third-order valence-electron chi connectivity index (χ3n) is 3.71. The highest BCUT2D eigenvalue weighted by Gasteiger charge is 2.31. The number of hydrogen-bond acceptors (Lipinski definition) is 6. The van der Waals surface area contributed by atoms with E-state index in [0.29, 0.717) is 30.6 Å². The Morgan fingerprint density at radius 1 is 1.27 bits per heavy atom. The van der Waals surface area contributed by atoms with Crippen molar-refractivity contribution < 1.29 is 26.9 Å². The molecule has 0 fully saturated rings. The lowest BCUT2D eigenvalue weighted by Gasteiger charge is -2.35. The SMILES string of the molecule is Cc1sc(C)c2c1OCC(C[N+](C)(C)CCCS(=O)(=O)[O-])O2. The highest BCUT2D eigenvalue weighted by atomic mass is 32.2. The zero-order valence-corrected chi connectivity index (χ0v) is 15.1. The lowest BCUT2D eigenvalue weighted by atomic mass is 10.2. The molecule has 126 valence electrons. The number of nitrogens with zero attached hydrogens (tertiary/aromatic N) is 1. The summed E-state index contributed by atoms with van der Waals surface area (Å²) in [6.07, 6.45) is 0.285. The van der Waals surface area contributed by atoms with Crippen LogP contribution in [-0.4, -0.2) is 63.1 Å². The van der Waals surface area contributed by atoms with Gasteiger partial charge in [-0.15, -0.1) is 11.3 Å². The maximum atomic E-state index is 10.7. The largest absolute Gasteiger partial charge is 0.748 e. The van der Waals surface area contributed by atoms with E-state index in [9.17, 15) is 13.0 Å². The Hall–Kier alpha value is -0.830. The number of quaternary nitrogens is 1. The molecular weight excluding hydrogens is 326 g/mol. The van der Waals surface area contributed by atoms with E-state index in [1.54, 1.807) is 11.3 Å². The fourth-order valence-electron chi connectivity index (χ4n) is 2.72. The van der Waals surface area contributed by atoms with Crippen molar-refractivity contribution >= 4 is 21.5 Å². The average molecular weight is 349 g/mol. The molecule has 0 amide bonds. The van der Waals surface area contributed by atoms with Crippen molar-refractivity contribution in [2.45, 2.75) is 26.4 Å². The molecule has 1 aromatic rings. The van der Waals surface area contributed by atoms with Crippen molar-refractivity contribution in [3.8, 4) is 11.5 Å². The van der Waals surface area contributed by atoms with Crippen LogP contribution in [0.3, 0.4) is 0 Å². The van der Waals surface area contributed by atoms with Gasteiger partial charge in [0.2, 0.25) is 0 Å². The van der Waals surface area contributed by atoms with Gasteiger partial charge in [-0.05, 0) is 13.8 Å². The number of fused-ring (bicyclic) bond motifs is 1.